The first-order valence-corrected chi connectivity index (χ1v) is 8.25. The Labute approximate surface area is 142 Å². The van der Waals surface area contributed by atoms with E-state index < -0.39 is 0 Å². The Bertz CT molecular complexity index is 763. The van der Waals surface area contributed by atoms with Crippen LogP contribution in [0.25, 0.3) is 0 Å². The van der Waals surface area contributed by atoms with Crippen LogP contribution in [0.3, 0.4) is 0 Å². The van der Waals surface area contributed by atoms with Gasteiger partial charge in [-0.05, 0) is 35.9 Å². The predicted molar refractivity (Wildman–Crippen MR) is 91.6 cm³/mol. The SMILES string of the molecule is Fc1ccc(COc2ccc(Cl)cc2CNc2nccs2)cc1. The number of halogens is 2. The number of nitrogens with one attached hydrogen (secondary N) is 1. The molecule has 6 heteroatoms. The number of thiazole rings is 1. The van der Waals surface area contributed by atoms with E-state index in [4.69, 9.17) is 16.3 Å². The molecule has 0 aliphatic carbocycles. The van der Waals surface area contributed by atoms with Crippen molar-refractivity contribution in [2.45, 2.75) is 13.2 Å². The Kier molecular flexibility index (Phi) is 5.10. The summed E-state index contributed by atoms with van der Waals surface area (Å²) in [5, 5.41) is 6.63. The lowest BCUT2D eigenvalue weighted by Gasteiger charge is -2.12. The lowest BCUT2D eigenvalue weighted by atomic mass is 10.2. The number of aromatic nitrogens is 1. The maximum absolute atomic E-state index is 12.9. The van der Waals surface area contributed by atoms with E-state index in [1.165, 1.54) is 23.5 Å². The molecule has 0 atom stereocenters. The molecule has 1 aromatic heterocycles. The van der Waals surface area contributed by atoms with Gasteiger partial charge in [-0.2, -0.15) is 0 Å². The average molecular weight is 349 g/mol. The van der Waals surface area contributed by atoms with E-state index in [0.717, 1.165) is 22.0 Å². The summed E-state index contributed by atoms with van der Waals surface area (Å²) in [5.74, 6) is 0.483. The van der Waals surface area contributed by atoms with Gasteiger partial charge in [-0.1, -0.05) is 23.7 Å². The quantitative estimate of drug-likeness (QED) is 0.670. The number of nitrogens with zero attached hydrogens (tertiary/aromatic N) is 1. The molecule has 3 aromatic rings. The smallest absolute Gasteiger partial charge is 0.182 e. The second kappa shape index (κ2) is 7.44. The summed E-state index contributed by atoms with van der Waals surface area (Å²) in [6, 6.07) is 11.7. The van der Waals surface area contributed by atoms with Crippen molar-refractivity contribution in [3.63, 3.8) is 0 Å². The van der Waals surface area contributed by atoms with Crippen LogP contribution in [0.5, 0.6) is 5.75 Å². The van der Waals surface area contributed by atoms with Gasteiger partial charge in [0, 0.05) is 28.7 Å². The van der Waals surface area contributed by atoms with E-state index in [-0.39, 0.29) is 5.82 Å². The van der Waals surface area contributed by atoms with E-state index in [9.17, 15) is 4.39 Å². The Morgan fingerprint density at radius 1 is 1.17 bits per heavy atom. The van der Waals surface area contributed by atoms with E-state index in [2.05, 4.69) is 10.3 Å². The lowest BCUT2D eigenvalue weighted by Crippen LogP contribution is -2.03. The average Bonchev–Trinajstić information content (AvgIpc) is 3.07. The molecule has 3 nitrogen and oxygen atoms in total. The molecule has 0 fully saturated rings. The molecule has 0 radical (unpaired) electrons. The zero-order valence-electron chi connectivity index (χ0n) is 12.1. The monoisotopic (exact) mass is 348 g/mol. The van der Waals surface area contributed by atoms with Crippen molar-refractivity contribution in [3.8, 4) is 5.75 Å². The number of hydrogen-bond acceptors (Lipinski definition) is 4. The molecule has 23 heavy (non-hydrogen) atoms. The lowest BCUT2D eigenvalue weighted by molar-refractivity contribution is 0.303. The number of hydrogen-bond donors (Lipinski definition) is 1. The first-order chi connectivity index (χ1) is 11.2. The number of benzene rings is 2. The summed E-state index contributed by atoms with van der Waals surface area (Å²) >= 11 is 7.61. The fourth-order valence-corrected chi connectivity index (χ4v) is 2.77. The molecule has 0 saturated heterocycles. The zero-order valence-corrected chi connectivity index (χ0v) is 13.7. The summed E-state index contributed by atoms with van der Waals surface area (Å²) in [7, 11) is 0. The van der Waals surface area contributed by atoms with E-state index in [1.54, 1.807) is 24.4 Å². The van der Waals surface area contributed by atoms with Crippen molar-refractivity contribution < 1.29 is 9.13 Å². The molecule has 0 aliphatic heterocycles. The fourth-order valence-electron chi connectivity index (χ4n) is 2.05. The van der Waals surface area contributed by atoms with Crippen LogP contribution < -0.4 is 10.1 Å². The molecule has 0 bridgehead atoms. The van der Waals surface area contributed by atoms with Crippen LogP contribution in [0.4, 0.5) is 9.52 Å². The number of rotatable bonds is 6. The Balaban J connectivity index is 1.69. The summed E-state index contributed by atoms with van der Waals surface area (Å²) < 4.78 is 18.8. The first-order valence-electron chi connectivity index (χ1n) is 7.00. The van der Waals surface area contributed by atoms with Crippen molar-refractivity contribution in [1.82, 2.24) is 4.98 Å². The van der Waals surface area contributed by atoms with Gasteiger partial charge in [0.15, 0.2) is 5.13 Å². The molecule has 0 unspecified atom stereocenters. The zero-order chi connectivity index (χ0) is 16.1. The van der Waals surface area contributed by atoms with Crippen LogP contribution in [0, 0.1) is 5.82 Å². The van der Waals surface area contributed by atoms with E-state index in [0.29, 0.717) is 18.2 Å². The van der Waals surface area contributed by atoms with Crippen LogP contribution in [-0.4, -0.2) is 4.98 Å². The van der Waals surface area contributed by atoms with Crippen molar-refractivity contribution in [2.75, 3.05) is 5.32 Å². The molecular weight excluding hydrogens is 335 g/mol. The molecule has 118 valence electrons. The molecule has 0 saturated carbocycles. The van der Waals surface area contributed by atoms with Crippen LogP contribution in [-0.2, 0) is 13.2 Å². The number of anilines is 1. The van der Waals surface area contributed by atoms with Gasteiger partial charge < -0.3 is 10.1 Å². The molecular formula is C17H14ClFN2OS. The van der Waals surface area contributed by atoms with Gasteiger partial charge in [-0.15, -0.1) is 11.3 Å². The highest BCUT2D eigenvalue weighted by atomic mass is 35.5. The van der Waals surface area contributed by atoms with Crippen molar-refractivity contribution in [1.29, 1.82) is 0 Å². The largest absolute Gasteiger partial charge is 0.489 e. The van der Waals surface area contributed by atoms with Crippen LogP contribution in [0.15, 0.2) is 54.0 Å². The van der Waals surface area contributed by atoms with Gasteiger partial charge in [0.25, 0.3) is 0 Å². The first kappa shape index (κ1) is 15.8. The molecule has 0 aliphatic rings. The standard InChI is InChI=1S/C17H14ClFN2OS/c18-14-3-6-16(22-11-12-1-4-15(19)5-2-12)13(9-14)10-21-17-20-7-8-23-17/h1-9H,10-11H2,(H,20,21). The highest BCUT2D eigenvalue weighted by Crippen LogP contribution is 2.25. The van der Waals surface area contributed by atoms with Crippen molar-refractivity contribution in [3.05, 3.63) is 76.0 Å². The third kappa shape index (κ3) is 4.43. The summed E-state index contributed by atoms with van der Waals surface area (Å²) in [6.45, 7) is 0.930. The highest BCUT2D eigenvalue weighted by molar-refractivity contribution is 7.13. The third-order valence-electron chi connectivity index (χ3n) is 3.19. The minimum absolute atomic E-state index is 0.256. The molecule has 1 heterocycles. The molecule has 0 amide bonds. The van der Waals surface area contributed by atoms with Crippen molar-refractivity contribution in [2.24, 2.45) is 0 Å². The maximum atomic E-state index is 12.9. The Hall–Kier alpha value is -2.11. The molecule has 2 aromatic carbocycles. The van der Waals surface area contributed by atoms with E-state index >= 15 is 0 Å². The second-order valence-electron chi connectivity index (χ2n) is 4.86. The van der Waals surface area contributed by atoms with Crippen LogP contribution in [0.2, 0.25) is 5.02 Å². The summed E-state index contributed by atoms with van der Waals surface area (Å²) in [6.07, 6.45) is 1.75. The Morgan fingerprint density at radius 2 is 2.00 bits per heavy atom. The van der Waals surface area contributed by atoms with Gasteiger partial charge in [0.05, 0.1) is 0 Å². The topological polar surface area (TPSA) is 34.1 Å². The third-order valence-corrected chi connectivity index (χ3v) is 4.16. The normalized spacial score (nSPS) is 10.5. The maximum Gasteiger partial charge on any atom is 0.182 e. The minimum atomic E-state index is -0.256. The van der Waals surface area contributed by atoms with E-state index in [1.807, 2.05) is 17.5 Å². The Morgan fingerprint density at radius 3 is 2.74 bits per heavy atom. The highest BCUT2D eigenvalue weighted by Gasteiger charge is 2.06. The van der Waals surface area contributed by atoms with Gasteiger partial charge in [0.1, 0.15) is 18.2 Å². The van der Waals surface area contributed by atoms with Crippen LogP contribution >= 0.6 is 22.9 Å². The fraction of sp³-hybridized carbons (Fsp3) is 0.118. The minimum Gasteiger partial charge on any atom is -0.489 e. The molecule has 0 spiro atoms. The van der Waals surface area contributed by atoms with Gasteiger partial charge in [-0.3, -0.25) is 0 Å². The molecule has 1 N–H and O–H groups in total. The second-order valence-corrected chi connectivity index (χ2v) is 6.19. The summed E-state index contributed by atoms with van der Waals surface area (Å²) in [4.78, 5) is 4.18. The van der Waals surface area contributed by atoms with Crippen molar-refractivity contribution >= 4 is 28.1 Å². The molecule has 3 rings (SSSR count). The predicted octanol–water partition coefficient (Wildman–Crippen LogP) is 5.13. The van der Waals surface area contributed by atoms with Gasteiger partial charge >= 0.3 is 0 Å². The van der Waals surface area contributed by atoms with Gasteiger partial charge in [0.2, 0.25) is 0 Å². The summed E-state index contributed by atoms with van der Waals surface area (Å²) in [5.41, 5.74) is 1.84. The van der Waals surface area contributed by atoms with Crippen LogP contribution in [0.1, 0.15) is 11.1 Å². The van der Waals surface area contributed by atoms with Gasteiger partial charge in [-0.25, -0.2) is 9.37 Å². The number of ether oxygens (including phenoxy) is 1.